The number of carbonyl (C=O) groups excluding carboxylic acids is 1. The zero-order valence-corrected chi connectivity index (χ0v) is 13.0. The molecule has 0 unspecified atom stereocenters. The Labute approximate surface area is 141 Å². The van der Waals surface area contributed by atoms with Gasteiger partial charge in [0.1, 0.15) is 18.5 Å². The number of benzene rings is 1. The average Bonchev–Trinajstić information content (AvgIpc) is 3.13. The molecule has 0 radical (unpaired) electrons. The number of nitrogens with zero attached hydrogens (tertiary/aromatic N) is 5. The Morgan fingerprint density at radius 3 is 2.68 bits per heavy atom. The van der Waals surface area contributed by atoms with Gasteiger partial charge in [-0.1, -0.05) is 0 Å². The molecule has 0 fully saturated rings. The van der Waals surface area contributed by atoms with E-state index in [0.29, 0.717) is 11.5 Å². The molecule has 0 spiro atoms. The molecule has 0 aliphatic carbocycles. The van der Waals surface area contributed by atoms with Gasteiger partial charge in [-0.25, -0.2) is 23.5 Å². The highest BCUT2D eigenvalue weighted by Crippen LogP contribution is 2.07. The van der Waals surface area contributed by atoms with E-state index in [1.165, 1.54) is 58.4 Å². The summed E-state index contributed by atoms with van der Waals surface area (Å²) < 4.78 is 15.4. The molecule has 1 aromatic carbocycles. The zero-order chi connectivity index (χ0) is 17.6. The van der Waals surface area contributed by atoms with Crippen LogP contribution in [0.5, 0.6) is 0 Å². The van der Waals surface area contributed by atoms with Gasteiger partial charge in [0, 0.05) is 18.3 Å². The van der Waals surface area contributed by atoms with Gasteiger partial charge < -0.3 is 10.6 Å². The number of rotatable bonds is 5. The summed E-state index contributed by atoms with van der Waals surface area (Å²) in [6, 6.07) is 7.81. The number of carbonyl (C=O) groups is 1. The molecule has 0 aliphatic heterocycles. The first-order chi connectivity index (χ1) is 12.1. The van der Waals surface area contributed by atoms with E-state index in [9.17, 15) is 14.0 Å². The van der Waals surface area contributed by atoms with Gasteiger partial charge in [0.2, 0.25) is 0 Å². The van der Waals surface area contributed by atoms with Gasteiger partial charge in [0.25, 0.3) is 5.56 Å². The number of hydrogen-bond donors (Lipinski definition) is 2. The Hall–Kier alpha value is -3.56. The molecule has 9 nitrogen and oxygen atoms in total. The number of amides is 2. The van der Waals surface area contributed by atoms with E-state index in [4.69, 9.17) is 0 Å². The van der Waals surface area contributed by atoms with Gasteiger partial charge >= 0.3 is 6.03 Å². The van der Waals surface area contributed by atoms with Crippen LogP contribution in [0.3, 0.4) is 0 Å². The molecular formula is C15H14FN7O2. The molecule has 0 aliphatic rings. The molecule has 0 atom stereocenters. The first-order valence-corrected chi connectivity index (χ1v) is 7.35. The van der Waals surface area contributed by atoms with E-state index in [0.717, 1.165) is 0 Å². The number of aromatic nitrogens is 5. The third kappa shape index (κ3) is 4.25. The Morgan fingerprint density at radius 1 is 1.16 bits per heavy atom. The third-order valence-electron chi connectivity index (χ3n) is 3.22. The maximum atomic E-state index is 12.8. The minimum Gasteiger partial charge on any atom is -0.336 e. The maximum absolute atomic E-state index is 12.8. The lowest BCUT2D eigenvalue weighted by atomic mass is 10.3. The summed E-state index contributed by atoms with van der Waals surface area (Å²) in [4.78, 5) is 27.4. The Balaban J connectivity index is 1.56. The molecule has 128 valence electrons. The fraction of sp³-hybridized carbons (Fsp3) is 0.133. The lowest BCUT2D eigenvalue weighted by molar-refractivity contribution is 0.251. The number of nitrogens with one attached hydrogen (secondary N) is 2. The zero-order valence-electron chi connectivity index (χ0n) is 13.0. The van der Waals surface area contributed by atoms with Crippen LogP contribution >= 0.6 is 0 Å². The molecule has 0 saturated carbocycles. The van der Waals surface area contributed by atoms with Crippen molar-refractivity contribution in [3.8, 4) is 5.82 Å². The number of hydrogen-bond acceptors (Lipinski definition) is 5. The molecule has 0 saturated heterocycles. The molecule has 2 N–H and O–H groups in total. The molecule has 2 aromatic heterocycles. The van der Waals surface area contributed by atoms with Crippen molar-refractivity contribution in [3.63, 3.8) is 0 Å². The Morgan fingerprint density at radius 2 is 1.96 bits per heavy atom. The first kappa shape index (κ1) is 16.3. The average molecular weight is 343 g/mol. The second kappa shape index (κ2) is 7.34. The lowest BCUT2D eigenvalue weighted by Gasteiger charge is -2.09. The van der Waals surface area contributed by atoms with Crippen LogP contribution in [-0.2, 0) is 6.54 Å². The van der Waals surface area contributed by atoms with Crippen molar-refractivity contribution in [3.05, 3.63) is 65.2 Å². The van der Waals surface area contributed by atoms with E-state index in [2.05, 4.69) is 25.8 Å². The van der Waals surface area contributed by atoms with E-state index in [1.54, 1.807) is 0 Å². The lowest BCUT2D eigenvalue weighted by Crippen LogP contribution is -2.34. The van der Waals surface area contributed by atoms with E-state index >= 15 is 0 Å². The summed E-state index contributed by atoms with van der Waals surface area (Å²) in [6.07, 6.45) is 2.82. The van der Waals surface area contributed by atoms with Crippen LogP contribution in [0.4, 0.5) is 14.9 Å². The molecule has 10 heteroatoms. The predicted octanol–water partition coefficient (Wildman–Crippen LogP) is 0.785. The van der Waals surface area contributed by atoms with E-state index < -0.39 is 6.03 Å². The summed E-state index contributed by atoms with van der Waals surface area (Å²) in [5.41, 5.74) is 0.159. The molecule has 25 heavy (non-hydrogen) atoms. The van der Waals surface area contributed by atoms with Crippen molar-refractivity contribution in [2.75, 3.05) is 11.9 Å². The molecule has 3 aromatic rings. The molecule has 3 rings (SSSR count). The molecule has 2 heterocycles. The van der Waals surface area contributed by atoms with E-state index in [1.807, 2.05) is 0 Å². The van der Waals surface area contributed by atoms with Crippen LogP contribution in [0, 0.1) is 5.82 Å². The van der Waals surface area contributed by atoms with Crippen molar-refractivity contribution >= 4 is 11.7 Å². The second-order valence-electron chi connectivity index (χ2n) is 4.98. The highest BCUT2D eigenvalue weighted by Gasteiger charge is 2.05. The largest absolute Gasteiger partial charge is 0.336 e. The van der Waals surface area contributed by atoms with Gasteiger partial charge in [-0.05, 0) is 30.3 Å². The predicted molar refractivity (Wildman–Crippen MR) is 86.8 cm³/mol. The number of anilines is 1. The maximum Gasteiger partial charge on any atom is 0.319 e. The van der Waals surface area contributed by atoms with Crippen LogP contribution in [0.1, 0.15) is 0 Å². The van der Waals surface area contributed by atoms with Gasteiger partial charge in [0.05, 0.1) is 6.54 Å². The third-order valence-corrected chi connectivity index (χ3v) is 3.22. The SMILES string of the molecule is O=C(NCCn1nc(-n2cncn2)ccc1=O)Nc1ccc(F)cc1. The number of halogens is 1. The summed E-state index contributed by atoms with van der Waals surface area (Å²) in [5.74, 6) is 0.0523. The van der Waals surface area contributed by atoms with Crippen LogP contribution in [0.25, 0.3) is 5.82 Å². The van der Waals surface area contributed by atoms with Crippen LogP contribution in [0.15, 0.2) is 53.8 Å². The summed E-state index contributed by atoms with van der Waals surface area (Å²) in [6.45, 7) is 0.360. The van der Waals surface area contributed by atoms with Crippen molar-refractivity contribution < 1.29 is 9.18 Å². The fourth-order valence-electron chi connectivity index (χ4n) is 2.03. The Kier molecular flexibility index (Phi) is 4.79. The smallest absolute Gasteiger partial charge is 0.319 e. The summed E-state index contributed by atoms with van der Waals surface area (Å²) >= 11 is 0. The molecular weight excluding hydrogens is 329 g/mol. The monoisotopic (exact) mass is 343 g/mol. The summed E-state index contributed by atoms with van der Waals surface area (Å²) in [5, 5.41) is 13.3. The standard InChI is InChI=1S/C15H14FN7O2/c16-11-1-3-12(4-2-11)20-15(25)18-7-8-22-14(24)6-5-13(21-22)23-10-17-9-19-23/h1-6,9-10H,7-8H2,(H2,18,20,25). The molecule has 0 bridgehead atoms. The van der Waals surface area contributed by atoms with Crippen LogP contribution in [-0.4, -0.2) is 37.1 Å². The minimum absolute atomic E-state index is 0.179. The van der Waals surface area contributed by atoms with Crippen LogP contribution < -0.4 is 16.2 Å². The fourth-order valence-corrected chi connectivity index (χ4v) is 2.03. The van der Waals surface area contributed by atoms with Gasteiger partial charge in [-0.3, -0.25) is 4.79 Å². The highest BCUT2D eigenvalue weighted by molar-refractivity contribution is 5.89. The van der Waals surface area contributed by atoms with Crippen molar-refractivity contribution in [1.82, 2.24) is 29.9 Å². The minimum atomic E-state index is -0.466. The topological polar surface area (TPSA) is 107 Å². The van der Waals surface area contributed by atoms with Gasteiger partial charge in [-0.2, -0.15) is 5.10 Å². The highest BCUT2D eigenvalue weighted by atomic mass is 19.1. The normalized spacial score (nSPS) is 10.4. The van der Waals surface area contributed by atoms with Crippen molar-refractivity contribution in [2.24, 2.45) is 0 Å². The molecule has 2 amide bonds. The van der Waals surface area contributed by atoms with Crippen molar-refractivity contribution in [2.45, 2.75) is 6.54 Å². The Bertz CT molecular complexity index is 906. The van der Waals surface area contributed by atoms with Crippen molar-refractivity contribution in [1.29, 1.82) is 0 Å². The number of urea groups is 1. The van der Waals surface area contributed by atoms with Crippen LogP contribution in [0.2, 0.25) is 0 Å². The van der Waals surface area contributed by atoms with Gasteiger partial charge in [-0.15, -0.1) is 5.10 Å². The van der Waals surface area contributed by atoms with E-state index in [-0.39, 0.29) is 24.5 Å². The van der Waals surface area contributed by atoms with Gasteiger partial charge in [0.15, 0.2) is 5.82 Å². The quantitative estimate of drug-likeness (QED) is 0.712. The second-order valence-corrected chi connectivity index (χ2v) is 4.98. The first-order valence-electron chi connectivity index (χ1n) is 7.35. The summed E-state index contributed by atoms with van der Waals surface area (Å²) in [7, 11) is 0.